The number of carboxylic acids is 3. The van der Waals surface area contributed by atoms with Gasteiger partial charge in [0.1, 0.15) is 30.2 Å². The molecule has 4 aliphatic rings. The zero-order chi connectivity index (χ0) is 76.7. The lowest BCUT2D eigenvalue weighted by molar-refractivity contribution is -0.144. The first-order valence-electron chi connectivity index (χ1n) is 36.4. The van der Waals surface area contributed by atoms with Gasteiger partial charge in [-0.05, 0) is 78.5 Å². The van der Waals surface area contributed by atoms with Crippen molar-refractivity contribution in [1.29, 1.82) is 0 Å². The molecule has 34 heteroatoms. The molecule has 3 aromatic carbocycles. The number of nitrogens with zero attached hydrogens (tertiary/aromatic N) is 6. The van der Waals surface area contributed by atoms with Crippen LogP contribution in [0.3, 0.4) is 0 Å². The van der Waals surface area contributed by atoms with Crippen molar-refractivity contribution in [3.05, 3.63) is 82.9 Å². The zero-order valence-electron chi connectivity index (χ0n) is 60.6. The second kappa shape index (κ2) is 44.9. The third-order valence-electron chi connectivity index (χ3n) is 18.9. The average molecular weight is 1540 g/mol. The summed E-state index contributed by atoms with van der Waals surface area (Å²) in [4.78, 5) is 159. The van der Waals surface area contributed by atoms with Crippen molar-refractivity contribution in [3.63, 3.8) is 0 Å². The van der Waals surface area contributed by atoms with E-state index in [9.17, 15) is 83.4 Å². The quantitative estimate of drug-likeness (QED) is 0.0385. The monoisotopic (exact) mass is 1540 g/mol. The number of benzene rings is 3. The maximum absolute atomic E-state index is 14.8. The number of primary amides is 1. The van der Waals surface area contributed by atoms with Crippen LogP contribution in [0.4, 0.5) is 0 Å². The van der Waals surface area contributed by atoms with Gasteiger partial charge in [0.25, 0.3) is 0 Å². The number of hydrogen-bond acceptors (Lipinski definition) is 23. The van der Waals surface area contributed by atoms with E-state index in [1.54, 1.807) is 56.4 Å². The molecule has 4 heterocycles. The molecule has 7 rings (SSSR count). The number of unbranched alkanes of at least 4 members (excludes halogenated alkanes) is 2. The number of aliphatic hydroxyl groups excluding tert-OH is 2. The minimum Gasteiger partial charge on any atom is -0.480 e. The van der Waals surface area contributed by atoms with Crippen LogP contribution in [0, 0.1) is 0 Å². The van der Waals surface area contributed by atoms with Crippen molar-refractivity contribution in [2.75, 3.05) is 129 Å². The fourth-order valence-corrected chi connectivity index (χ4v) is 16.1. The summed E-state index contributed by atoms with van der Waals surface area (Å²) in [6, 6.07) is 10.4. The van der Waals surface area contributed by atoms with E-state index in [1.807, 2.05) is 46.2 Å². The van der Waals surface area contributed by atoms with E-state index in [2.05, 4.69) is 44.9 Å². The van der Waals surface area contributed by atoms with Crippen LogP contribution < -0.4 is 37.6 Å². The summed E-state index contributed by atoms with van der Waals surface area (Å²) in [5, 5.41) is 78.9. The third kappa shape index (κ3) is 29.4. The number of aliphatic hydroxyl groups is 3. The summed E-state index contributed by atoms with van der Waals surface area (Å²) in [6.07, 6.45) is 0.526. The number of thioether (sulfide) groups is 3. The molecular formula is C72H107N13O18S3. The van der Waals surface area contributed by atoms with Gasteiger partial charge < -0.3 is 77.9 Å². The Hall–Kier alpha value is -7.22. The van der Waals surface area contributed by atoms with Crippen LogP contribution in [0.15, 0.2) is 60.7 Å². The fraction of sp³-hybridized carbons (Fsp3) is 0.625. The average Bonchev–Trinajstić information content (AvgIpc) is 1.77. The SMILES string of the molecule is CCCCCC(=O)N[C@@H]1COCN2CCC[C@H]2C(=O)N2CCC[C@H]2C(=O)N[C@@H]([C@@H](C)O)C(=O)N[C@@H](CCC(N)=O)C(=O)N[C@@H](Cc2cccc3ccccc23)C(=O)N[C@H](C(=O)O)CSCc2cc(CSCCNC(=O)CN3CCN(CC(=O)O)CCN(CC(O)O)CCN(CC(=O)O)CC3)cc(c2)CSC1. The minimum absolute atomic E-state index is 0.0464. The molecule has 14 N–H and O–H groups in total. The fourth-order valence-electron chi connectivity index (χ4n) is 13.4. The number of nitrogens with one attached hydrogen (secondary N) is 6. The number of β-amino-alcohol motifs (C(OH)–C–C–N with tert-alkyl or cyclic N) is 2. The van der Waals surface area contributed by atoms with E-state index in [-0.39, 0.29) is 127 Å². The van der Waals surface area contributed by atoms with Crippen LogP contribution in [-0.4, -0.2) is 309 Å². The zero-order valence-corrected chi connectivity index (χ0v) is 63.0. The highest BCUT2D eigenvalue weighted by Crippen LogP contribution is 2.28. The number of rotatable bonds is 25. The van der Waals surface area contributed by atoms with Crippen molar-refractivity contribution < 1.29 is 88.1 Å². The molecule has 0 unspecified atom stereocenters. The summed E-state index contributed by atoms with van der Waals surface area (Å²) in [5.41, 5.74) is 8.85. The van der Waals surface area contributed by atoms with Crippen molar-refractivity contribution in [2.24, 2.45) is 5.73 Å². The summed E-state index contributed by atoms with van der Waals surface area (Å²) in [6.45, 7) is 6.05. The standard InChI is InChI=1S/C72H107N13O18S3/c1-3-4-5-17-61(88)75-53-40-103-46-84-21-9-16-59(84)71(100)85-22-10-15-58(85)69(98)79-66(47(2)86)70(99)76-55(18-19-60(73)87)67(96)77-56(35-52-13-8-12-51-11-6-7-14-54(51)52)68(97)78-57(72(101)102)45-106-43-50-33-48(32-49(34-50)42-105-44-53)41-104-31-20-74-62(89)36-80-23-25-81(37-63(90)91)27-29-83(39-65(94)95)30-28-82(26-24-80)38-64(92)93/h6-8,11-14,32-34,47,53,55-59,65-66,86,94-95H,3-5,9-10,15-31,35-46H2,1-2H3,(H2,73,87)(H,74,89)(H,75,88)(H,76,99)(H,77,96)(H,78,97)(H,79,98)(H,90,91)(H,92,93)(H,101,102)/t47-,53-,55+,56+,57+,58+,59+,66+/m1/s1. The van der Waals surface area contributed by atoms with Gasteiger partial charge in [-0.3, -0.25) is 72.4 Å². The minimum atomic E-state index is -1.67. The third-order valence-corrected chi connectivity index (χ3v) is 22.2. The molecule has 586 valence electrons. The molecule has 31 nitrogen and oxygen atoms in total. The van der Waals surface area contributed by atoms with Crippen LogP contribution in [0.5, 0.6) is 0 Å². The Balaban J connectivity index is 1.13. The van der Waals surface area contributed by atoms with E-state index < -0.39 is 109 Å². The van der Waals surface area contributed by atoms with Crippen LogP contribution in [0.1, 0.15) is 100 Å². The Morgan fingerprint density at radius 1 is 0.670 bits per heavy atom. The Morgan fingerprint density at radius 3 is 1.92 bits per heavy atom. The van der Waals surface area contributed by atoms with Crippen molar-refractivity contribution in [3.8, 4) is 0 Å². The lowest BCUT2D eigenvalue weighted by Gasteiger charge is -2.33. The van der Waals surface area contributed by atoms with E-state index in [0.717, 1.165) is 40.3 Å². The summed E-state index contributed by atoms with van der Waals surface area (Å²) >= 11 is 4.37. The van der Waals surface area contributed by atoms with E-state index >= 15 is 0 Å². The molecule has 0 radical (unpaired) electrons. The van der Waals surface area contributed by atoms with E-state index in [0.29, 0.717) is 93.4 Å². The number of amides is 8. The number of hydrogen-bond donors (Lipinski definition) is 13. The van der Waals surface area contributed by atoms with Crippen LogP contribution in [0.25, 0.3) is 10.8 Å². The van der Waals surface area contributed by atoms with Crippen molar-refractivity contribution in [2.45, 2.75) is 156 Å². The second-order valence-electron chi connectivity index (χ2n) is 27.5. The molecule has 3 aromatic rings. The molecule has 106 heavy (non-hydrogen) atoms. The number of aliphatic carboxylic acids is 3. The predicted octanol–water partition coefficient (Wildman–Crippen LogP) is -0.222. The lowest BCUT2D eigenvalue weighted by Crippen LogP contribution is -2.61. The van der Waals surface area contributed by atoms with Gasteiger partial charge in [-0.15, -0.1) is 0 Å². The largest absolute Gasteiger partial charge is 0.480 e. The predicted molar refractivity (Wildman–Crippen MR) is 402 cm³/mol. The molecular weight excluding hydrogens is 1430 g/mol. The molecule has 8 amide bonds. The van der Waals surface area contributed by atoms with Crippen molar-refractivity contribution >= 4 is 111 Å². The van der Waals surface area contributed by atoms with Gasteiger partial charge in [0, 0.05) is 132 Å². The van der Waals surface area contributed by atoms with Crippen LogP contribution >= 0.6 is 35.3 Å². The molecule has 0 spiro atoms. The molecule has 0 aliphatic carbocycles. The first kappa shape index (κ1) is 86.0. The molecule has 3 fully saturated rings. The lowest BCUT2D eigenvalue weighted by atomic mass is 9.97. The first-order chi connectivity index (χ1) is 50.8. The molecule has 0 aromatic heterocycles. The topological polar surface area (TPSA) is 436 Å². The van der Waals surface area contributed by atoms with Crippen LogP contribution in [0.2, 0.25) is 0 Å². The van der Waals surface area contributed by atoms with Gasteiger partial charge in [0.05, 0.1) is 51.2 Å². The van der Waals surface area contributed by atoms with Crippen molar-refractivity contribution in [1.82, 2.24) is 61.3 Å². The molecule has 8 atom stereocenters. The highest BCUT2D eigenvalue weighted by molar-refractivity contribution is 7.99. The van der Waals surface area contributed by atoms with Gasteiger partial charge in [-0.1, -0.05) is 80.4 Å². The van der Waals surface area contributed by atoms with Gasteiger partial charge in [-0.25, -0.2) is 4.79 Å². The van der Waals surface area contributed by atoms with Gasteiger partial charge in [0.15, 0.2) is 6.29 Å². The Bertz CT molecular complexity index is 3400. The van der Waals surface area contributed by atoms with E-state index in [1.165, 1.54) is 23.6 Å². The van der Waals surface area contributed by atoms with E-state index in [4.69, 9.17) is 10.5 Å². The Labute approximate surface area is 631 Å². The smallest absolute Gasteiger partial charge is 0.327 e. The summed E-state index contributed by atoms with van der Waals surface area (Å²) in [7, 11) is 0. The molecule has 4 aliphatic heterocycles. The van der Waals surface area contributed by atoms with Gasteiger partial charge in [0.2, 0.25) is 47.3 Å². The first-order valence-corrected chi connectivity index (χ1v) is 39.9. The molecule has 0 saturated carbocycles. The number of carbonyl (C=O) groups is 11. The number of fused-ring (bicyclic) bond motifs is 5. The normalized spacial score (nSPS) is 23.4. The summed E-state index contributed by atoms with van der Waals surface area (Å²) < 4.78 is 6.36. The Morgan fingerprint density at radius 2 is 1.28 bits per heavy atom. The maximum Gasteiger partial charge on any atom is 0.327 e. The summed E-state index contributed by atoms with van der Waals surface area (Å²) in [5.74, 6) is -6.56. The maximum atomic E-state index is 14.8. The molecule has 3 saturated heterocycles. The highest BCUT2D eigenvalue weighted by atomic mass is 32.2. The van der Waals surface area contributed by atoms with Gasteiger partial charge >= 0.3 is 17.9 Å². The number of nitrogens with two attached hydrogens (primary N) is 1. The number of carbonyl (C=O) groups excluding carboxylic acids is 8. The number of carboxylic acid groups (broad SMARTS) is 3. The number of ether oxygens (including phenoxy) is 1. The van der Waals surface area contributed by atoms with Gasteiger partial charge in [-0.2, -0.15) is 35.3 Å². The highest BCUT2D eigenvalue weighted by Gasteiger charge is 2.43. The van der Waals surface area contributed by atoms with Crippen LogP contribution in [-0.2, 0) is 81.2 Å². The second-order valence-corrected chi connectivity index (χ2v) is 30.6. The molecule has 2 bridgehead atoms. The Kier molecular flexibility index (Phi) is 36.5.